The summed E-state index contributed by atoms with van der Waals surface area (Å²) in [4.78, 5) is 29.4. The number of Topliss-reactive ketones (excluding diaryl/α,β-unsaturated/α-hetero) is 1. The van der Waals surface area contributed by atoms with Crippen molar-refractivity contribution in [2.45, 2.75) is 86.3 Å². The zero-order valence-electron chi connectivity index (χ0n) is 23.6. The standard InChI is InChI=1S/C31H44N2O4/c1-21(2)10-8-11-22(3)12-9-13-23(4)14-15-27-24(5)29(35)31(36-7)28(30(27)37-25(6)34)33-20-26-16-18-32-19-17-26/h10,12,14,16-19,24,27,30,33H,8-9,11,13,15,20H2,1-7H3/b22-12+,23-14+/t24-,27-,30-/m0/s1. The first-order chi connectivity index (χ1) is 17.6. The Kier molecular flexibility index (Phi) is 12.3. The van der Waals surface area contributed by atoms with Crippen molar-refractivity contribution < 1.29 is 19.1 Å². The lowest BCUT2D eigenvalue weighted by atomic mass is 9.76. The van der Waals surface area contributed by atoms with E-state index >= 15 is 0 Å². The molecular formula is C31H44N2O4. The van der Waals surface area contributed by atoms with Gasteiger partial charge in [0.25, 0.3) is 0 Å². The van der Waals surface area contributed by atoms with Gasteiger partial charge >= 0.3 is 5.97 Å². The van der Waals surface area contributed by atoms with E-state index in [1.807, 2.05) is 19.1 Å². The Balaban J connectivity index is 2.15. The van der Waals surface area contributed by atoms with Crippen LogP contribution in [0, 0.1) is 11.8 Å². The fourth-order valence-electron chi connectivity index (χ4n) is 4.56. The molecule has 0 aromatic carbocycles. The van der Waals surface area contributed by atoms with Crippen LogP contribution < -0.4 is 5.32 Å². The molecular weight excluding hydrogens is 464 g/mol. The molecule has 0 saturated heterocycles. The summed E-state index contributed by atoms with van der Waals surface area (Å²) in [6.45, 7) is 12.3. The number of pyridine rings is 1. The summed E-state index contributed by atoms with van der Waals surface area (Å²) in [5, 5.41) is 3.33. The van der Waals surface area contributed by atoms with Gasteiger partial charge in [0.15, 0.2) is 5.76 Å². The second kappa shape index (κ2) is 15.2. The van der Waals surface area contributed by atoms with Crippen LogP contribution in [0.4, 0.5) is 0 Å². The molecule has 0 fully saturated rings. The molecule has 2 rings (SSSR count). The Hall–Kier alpha value is -3.15. The highest BCUT2D eigenvalue weighted by Crippen LogP contribution is 2.36. The molecule has 37 heavy (non-hydrogen) atoms. The van der Waals surface area contributed by atoms with Gasteiger partial charge in [0.2, 0.25) is 5.78 Å². The van der Waals surface area contributed by atoms with Crippen molar-refractivity contribution in [1.82, 2.24) is 10.3 Å². The lowest BCUT2D eigenvalue weighted by Gasteiger charge is -2.37. The third-order valence-corrected chi connectivity index (χ3v) is 6.79. The Labute approximate surface area is 222 Å². The predicted octanol–water partition coefficient (Wildman–Crippen LogP) is 6.61. The number of aromatic nitrogens is 1. The Morgan fingerprint density at radius 3 is 2.22 bits per heavy atom. The number of hydrogen-bond acceptors (Lipinski definition) is 6. The number of allylic oxidation sites excluding steroid dienone is 7. The number of hydrogen-bond donors (Lipinski definition) is 1. The zero-order valence-corrected chi connectivity index (χ0v) is 23.6. The van der Waals surface area contributed by atoms with E-state index in [0.717, 1.165) is 31.2 Å². The number of nitrogens with one attached hydrogen (secondary N) is 1. The van der Waals surface area contributed by atoms with Gasteiger partial charge in [-0.25, -0.2) is 0 Å². The van der Waals surface area contributed by atoms with Gasteiger partial charge in [0, 0.05) is 37.7 Å². The zero-order chi connectivity index (χ0) is 27.4. The number of ether oxygens (including phenoxy) is 2. The second-order valence-corrected chi connectivity index (χ2v) is 10.2. The summed E-state index contributed by atoms with van der Waals surface area (Å²) in [6, 6.07) is 3.80. The highest BCUT2D eigenvalue weighted by molar-refractivity contribution is 5.97. The molecule has 0 spiro atoms. The maximum atomic E-state index is 13.2. The normalized spacial score (nSPS) is 20.5. The van der Waals surface area contributed by atoms with Crippen LogP contribution in [0.3, 0.4) is 0 Å². The van der Waals surface area contributed by atoms with E-state index in [4.69, 9.17) is 9.47 Å². The molecule has 1 N–H and O–H groups in total. The fourth-order valence-corrected chi connectivity index (χ4v) is 4.56. The van der Waals surface area contributed by atoms with Gasteiger partial charge in [0.1, 0.15) is 6.10 Å². The van der Waals surface area contributed by atoms with Crippen molar-refractivity contribution in [3.05, 3.63) is 76.5 Å². The molecule has 6 heteroatoms. The molecule has 1 aromatic heterocycles. The summed E-state index contributed by atoms with van der Waals surface area (Å²) in [6.07, 6.45) is 14.4. The van der Waals surface area contributed by atoms with Gasteiger partial charge in [-0.2, -0.15) is 0 Å². The first-order valence-electron chi connectivity index (χ1n) is 13.2. The van der Waals surface area contributed by atoms with Crippen LogP contribution in [-0.4, -0.2) is 30.0 Å². The van der Waals surface area contributed by atoms with Gasteiger partial charge in [0.05, 0.1) is 12.8 Å². The topological polar surface area (TPSA) is 77.5 Å². The Morgan fingerprint density at radius 2 is 1.62 bits per heavy atom. The van der Waals surface area contributed by atoms with E-state index in [9.17, 15) is 9.59 Å². The highest BCUT2D eigenvalue weighted by atomic mass is 16.5. The van der Waals surface area contributed by atoms with Gasteiger partial charge < -0.3 is 14.8 Å². The van der Waals surface area contributed by atoms with Gasteiger partial charge in [-0.1, -0.05) is 41.9 Å². The van der Waals surface area contributed by atoms with E-state index in [2.05, 4.69) is 56.2 Å². The number of nitrogens with zero attached hydrogens (tertiary/aromatic N) is 1. The van der Waals surface area contributed by atoms with Crippen LogP contribution in [0.1, 0.15) is 79.2 Å². The van der Waals surface area contributed by atoms with E-state index < -0.39 is 6.10 Å². The summed E-state index contributed by atoms with van der Waals surface area (Å²) >= 11 is 0. The minimum atomic E-state index is -0.594. The van der Waals surface area contributed by atoms with Crippen LogP contribution in [-0.2, 0) is 25.6 Å². The van der Waals surface area contributed by atoms with Gasteiger partial charge in [-0.3, -0.25) is 14.6 Å². The van der Waals surface area contributed by atoms with Crippen LogP contribution in [0.2, 0.25) is 0 Å². The summed E-state index contributed by atoms with van der Waals surface area (Å²) in [7, 11) is 1.48. The van der Waals surface area contributed by atoms with E-state index in [1.54, 1.807) is 12.4 Å². The molecule has 1 aromatic rings. The van der Waals surface area contributed by atoms with Crippen molar-refractivity contribution >= 4 is 11.8 Å². The number of carbonyl (C=O) groups is 2. The van der Waals surface area contributed by atoms with E-state index in [-0.39, 0.29) is 29.3 Å². The van der Waals surface area contributed by atoms with Crippen molar-refractivity contribution in [3.63, 3.8) is 0 Å². The minimum absolute atomic E-state index is 0.0749. The molecule has 1 heterocycles. The molecule has 6 nitrogen and oxygen atoms in total. The van der Waals surface area contributed by atoms with E-state index in [1.165, 1.54) is 30.8 Å². The second-order valence-electron chi connectivity index (χ2n) is 10.2. The lowest BCUT2D eigenvalue weighted by molar-refractivity contribution is -0.151. The number of carbonyl (C=O) groups excluding carboxylic acids is 2. The van der Waals surface area contributed by atoms with Crippen molar-refractivity contribution in [2.24, 2.45) is 11.8 Å². The average Bonchev–Trinajstić information content (AvgIpc) is 2.85. The van der Waals surface area contributed by atoms with E-state index in [0.29, 0.717) is 18.7 Å². The van der Waals surface area contributed by atoms with Crippen LogP contribution in [0.5, 0.6) is 0 Å². The van der Waals surface area contributed by atoms with Gasteiger partial charge in [-0.15, -0.1) is 0 Å². The predicted molar refractivity (Wildman–Crippen MR) is 148 cm³/mol. The van der Waals surface area contributed by atoms with Gasteiger partial charge in [-0.05, 0) is 77.5 Å². The molecule has 0 bridgehead atoms. The number of rotatable bonds is 13. The van der Waals surface area contributed by atoms with Crippen molar-refractivity contribution in [1.29, 1.82) is 0 Å². The quantitative estimate of drug-likeness (QED) is 0.239. The van der Waals surface area contributed by atoms with Crippen molar-refractivity contribution in [3.8, 4) is 0 Å². The molecule has 3 atom stereocenters. The highest BCUT2D eigenvalue weighted by Gasteiger charge is 2.44. The molecule has 202 valence electrons. The summed E-state index contributed by atoms with van der Waals surface area (Å²) in [5.74, 6) is -0.754. The smallest absolute Gasteiger partial charge is 0.303 e. The molecule has 0 unspecified atom stereocenters. The molecule has 0 saturated carbocycles. The Bertz CT molecular complexity index is 1030. The summed E-state index contributed by atoms with van der Waals surface area (Å²) < 4.78 is 11.3. The van der Waals surface area contributed by atoms with Crippen molar-refractivity contribution in [2.75, 3.05) is 7.11 Å². The van der Waals surface area contributed by atoms with Crippen LogP contribution >= 0.6 is 0 Å². The number of esters is 1. The molecule has 0 aliphatic heterocycles. The maximum Gasteiger partial charge on any atom is 0.303 e. The molecule has 1 aliphatic carbocycles. The maximum absolute atomic E-state index is 13.2. The number of methoxy groups -OCH3 is 1. The summed E-state index contributed by atoms with van der Waals surface area (Å²) in [5.41, 5.74) is 5.57. The average molecular weight is 509 g/mol. The SMILES string of the molecule is COC1=C(NCc2ccncc2)[C@@H](OC(C)=O)[C@@H](C/C=C(\C)CC/C=C(\C)CCC=C(C)C)[C@H](C)C1=O. The fraction of sp³-hybridized carbons (Fsp3) is 0.516. The van der Waals surface area contributed by atoms with Crippen LogP contribution in [0.15, 0.2) is 70.9 Å². The first kappa shape index (κ1) is 30.1. The van der Waals surface area contributed by atoms with Crippen LogP contribution in [0.25, 0.3) is 0 Å². The minimum Gasteiger partial charge on any atom is -0.491 e. The molecule has 1 aliphatic rings. The number of ketones is 1. The third kappa shape index (κ3) is 9.67. The largest absolute Gasteiger partial charge is 0.491 e. The monoisotopic (exact) mass is 508 g/mol. The first-order valence-corrected chi connectivity index (χ1v) is 13.2. The Morgan fingerprint density at radius 1 is 1.00 bits per heavy atom. The third-order valence-electron chi connectivity index (χ3n) is 6.79. The lowest BCUT2D eigenvalue weighted by Crippen LogP contribution is -2.45. The molecule has 0 amide bonds. The molecule has 0 radical (unpaired) electrons.